The molecule has 1 aromatic heterocycles. The molecule has 0 saturated carbocycles. The zero-order valence-electron chi connectivity index (χ0n) is 14.7. The fourth-order valence-electron chi connectivity index (χ4n) is 3.30. The molecule has 6 nitrogen and oxygen atoms in total. The lowest BCUT2D eigenvalue weighted by Gasteiger charge is -2.16. The molecule has 1 aliphatic rings. The average molecular weight is 354 g/mol. The minimum atomic E-state index is -0.949. The molecule has 6 heteroatoms. The topological polar surface area (TPSA) is 79.7 Å². The zero-order chi connectivity index (χ0) is 18.5. The van der Waals surface area contributed by atoms with Gasteiger partial charge in [0.25, 0.3) is 0 Å². The van der Waals surface area contributed by atoms with Gasteiger partial charge in [-0.1, -0.05) is 18.2 Å². The summed E-state index contributed by atoms with van der Waals surface area (Å²) in [5.41, 5.74) is 2.75. The number of hydrogen-bond acceptors (Lipinski definition) is 4. The quantitative estimate of drug-likeness (QED) is 0.862. The number of carboxylic acid groups (broad SMARTS) is 1. The molecule has 0 unspecified atom stereocenters. The molecular weight excluding hydrogens is 332 g/mol. The van der Waals surface area contributed by atoms with Crippen molar-refractivity contribution in [1.29, 1.82) is 0 Å². The van der Waals surface area contributed by atoms with Crippen molar-refractivity contribution in [2.24, 2.45) is 5.92 Å². The first-order valence-electron chi connectivity index (χ1n) is 8.63. The standard InChI is InChI=1S/C20H22N2O4/c1-26-13-19(23)22-9-8-14(12-22)10-17-6-3-7-18(21-17)15-4-2-5-16(11-15)20(24)25/h2-7,11,14H,8-10,12-13H2,1H3,(H,24,25)/t14-/m0/s1. The summed E-state index contributed by atoms with van der Waals surface area (Å²) in [4.78, 5) is 29.6. The third-order valence-corrected chi connectivity index (χ3v) is 4.62. The maximum absolute atomic E-state index is 11.9. The van der Waals surface area contributed by atoms with E-state index in [1.165, 1.54) is 7.11 Å². The van der Waals surface area contributed by atoms with Gasteiger partial charge in [-0.3, -0.25) is 9.78 Å². The summed E-state index contributed by atoms with van der Waals surface area (Å²) in [5.74, 6) is -0.541. The number of ether oxygens (including phenoxy) is 1. The number of methoxy groups -OCH3 is 1. The average Bonchev–Trinajstić information content (AvgIpc) is 3.11. The summed E-state index contributed by atoms with van der Waals surface area (Å²) in [6.45, 7) is 1.61. The Morgan fingerprint density at radius 2 is 2.08 bits per heavy atom. The number of aromatic carboxylic acids is 1. The SMILES string of the molecule is COCC(=O)N1CC[C@@H](Cc2cccc(-c3cccc(C(=O)O)c3)n2)C1. The minimum Gasteiger partial charge on any atom is -0.478 e. The van der Waals surface area contributed by atoms with Gasteiger partial charge < -0.3 is 14.7 Å². The van der Waals surface area contributed by atoms with Gasteiger partial charge in [0.15, 0.2) is 0 Å². The first-order valence-corrected chi connectivity index (χ1v) is 8.63. The molecule has 0 radical (unpaired) electrons. The number of amides is 1. The Hall–Kier alpha value is -2.73. The van der Waals surface area contributed by atoms with Gasteiger partial charge in [0.05, 0.1) is 11.3 Å². The molecule has 3 rings (SSSR count). The number of aromatic nitrogens is 1. The summed E-state index contributed by atoms with van der Waals surface area (Å²) < 4.78 is 4.92. The van der Waals surface area contributed by atoms with Crippen LogP contribution in [0.1, 0.15) is 22.5 Å². The molecule has 26 heavy (non-hydrogen) atoms. The van der Waals surface area contributed by atoms with E-state index in [2.05, 4.69) is 0 Å². The van der Waals surface area contributed by atoms with Crippen LogP contribution >= 0.6 is 0 Å². The fraction of sp³-hybridized carbons (Fsp3) is 0.350. The summed E-state index contributed by atoms with van der Waals surface area (Å²) in [6.07, 6.45) is 1.75. The first kappa shape index (κ1) is 18.1. The second-order valence-electron chi connectivity index (χ2n) is 6.53. The van der Waals surface area contributed by atoms with E-state index in [0.717, 1.165) is 42.9 Å². The van der Waals surface area contributed by atoms with Crippen molar-refractivity contribution in [2.45, 2.75) is 12.8 Å². The predicted octanol–water partition coefficient (Wildman–Crippen LogP) is 2.48. The molecular formula is C20H22N2O4. The lowest BCUT2D eigenvalue weighted by Crippen LogP contribution is -2.31. The number of carbonyl (C=O) groups excluding carboxylic acids is 1. The van der Waals surface area contributed by atoms with E-state index in [1.807, 2.05) is 29.2 Å². The van der Waals surface area contributed by atoms with Crippen molar-refractivity contribution >= 4 is 11.9 Å². The van der Waals surface area contributed by atoms with Crippen LogP contribution in [0.3, 0.4) is 0 Å². The van der Waals surface area contributed by atoms with Crippen LogP contribution in [0.25, 0.3) is 11.3 Å². The van der Waals surface area contributed by atoms with Crippen LogP contribution < -0.4 is 0 Å². The Kier molecular flexibility index (Phi) is 5.63. The molecule has 1 amide bonds. The lowest BCUT2D eigenvalue weighted by molar-refractivity contribution is -0.134. The lowest BCUT2D eigenvalue weighted by atomic mass is 10.0. The predicted molar refractivity (Wildman–Crippen MR) is 96.9 cm³/mol. The van der Waals surface area contributed by atoms with Gasteiger partial charge >= 0.3 is 5.97 Å². The number of pyridine rings is 1. The molecule has 2 heterocycles. The first-order chi connectivity index (χ1) is 12.6. The molecule has 1 aromatic carbocycles. The van der Waals surface area contributed by atoms with Gasteiger partial charge in [-0.2, -0.15) is 0 Å². The van der Waals surface area contributed by atoms with E-state index in [0.29, 0.717) is 5.92 Å². The van der Waals surface area contributed by atoms with Crippen molar-refractivity contribution < 1.29 is 19.4 Å². The van der Waals surface area contributed by atoms with Crippen LogP contribution in [0, 0.1) is 5.92 Å². The monoisotopic (exact) mass is 354 g/mol. The molecule has 0 bridgehead atoms. The maximum atomic E-state index is 11.9. The summed E-state index contributed by atoms with van der Waals surface area (Å²) in [5, 5.41) is 9.15. The summed E-state index contributed by atoms with van der Waals surface area (Å²) >= 11 is 0. The highest BCUT2D eigenvalue weighted by Gasteiger charge is 2.26. The second-order valence-corrected chi connectivity index (χ2v) is 6.53. The molecule has 1 aliphatic heterocycles. The van der Waals surface area contributed by atoms with Crippen molar-refractivity contribution in [3.8, 4) is 11.3 Å². The van der Waals surface area contributed by atoms with Crippen LogP contribution in [-0.4, -0.2) is 53.7 Å². The molecule has 1 saturated heterocycles. The molecule has 1 atom stereocenters. The van der Waals surface area contributed by atoms with Crippen LogP contribution in [0.15, 0.2) is 42.5 Å². The fourth-order valence-corrected chi connectivity index (χ4v) is 3.30. The normalized spacial score (nSPS) is 16.7. The zero-order valence-corrected chi connectivity index (χ0v) is 14.7. The number of rotatable bonds is 6. The smallest absolute Gasteiger partial charge is 0.335 e. The van der Waals surface area contributed by atoms with Crippen LogP contribution in [0.5, 0.6) is 0 Å². The van der Waals surface area contributed by atoms with Crippen molar-refractivity contribution in [1.82, 2.24) is 9.88 Å². The molecule has 136 valence electrons. The second kappa shape index (κ2) is 8.10. The highest BCUT2D eigenvalue weighted by Crippen LogP contribution is 2.23. The Labute approximate surface area is 152 Å². The summed E-state index contributed by atoms with van der Waals surface area (Å²) in [6, 6.07) is 12.6. The van der Waals surface area contributed by atoms with Gasteiger partial charge in [-0.25, -0.2) is 4.79 Å². The van der Waals surface area contributed by atoms with E-state index in [4.69, 9.17) is 14.8 Å². The number of likely N-dealkylation sites (tertiary alicyclic amines) is 1. The number of nitrogens with zero attached hydrogens (tertiary/aromatic N) is 2. The van der Waals surface area contributed by atoms with Crippen LogP contribution in [0.4, 0.5) is 0 Å². The van der Waals surface area contributed by atoms with Crippen LogP contribution in [0.2, 0.25) is 0 Å². The maximum Gasteiger partial charge on any atom is 0.335 e. The van der Waals surface area contributed by atoms with Gasteiger partial charge in [0, 0.05) is 31.5 Å². The number of hydrogen-bond donors (Lipinski definition) is 1. The Balaban J connectivity index is 1.70. The van der Waals surface area contributed by atoms with Gasteiger partial charge in [0.2, 0.25) is 5.91 Å². The van der Waals surface area contributed by atoms with E-state index in [-0.39, 0.29) is 18.1 Å². The van der Waals surface area contributed by atoms with E-state index >= 15 is 0 Å². The van der Waals surface area contributed by atoms with Gasteiger partial charge in [-0.05, 0) is 43.0 Å². The van der Waals surface area contributed by atoms with E-state index in [1.54, 1.807) is 18.2 Å². The van der Waals surface area contributed by atoms with Crippen molar-refractivity contribution in [3.05, 3.63) is 53.7 Å². The molecule has 2 aromatic rings. The Bertz CT molecular complexity index is 806. The number of carbonyl (C=O) groups is 2. The number of benzene rings is 1. The van der Waals surface area contributed by atoms with Crippen molar-refractivity contribution in [3.63, 3.8) is 0 Å². The third-order valence-electron chi connectivity index (χ3n) is 4.62. The number of carboxylic acids is 1. The largest absolute Gasteiger partial charge is 0.478 e. The summed E-state index contributed by atoms with van der Waals surface area (Å²) in [7, 11) is 1.53. The molecule has 0 spiro atoms. The highest BCUT2D eigenvalue weighted by atomic mass is 16.5. The Morgan fingerprint density at radius 1 is 1.27 bits per heavy atom. The molecule has 1 fully saturated rings. The van der Waals surface area contributed by atoms with Gasteiger partial charge in [0.1, 0.15) is 6.61 Å². The van der Waals surface area contributed by atoms with Crippen molar-refractivity contribution in [2.75, 3.05) is 26.8 Å². The third kappa shape index (κ3) is 4.26. The Morgan fingerprint density at radius 3 is 2.85 bits per heavy atom. The molecule has 1 N–H and O–H groups in total. The van der Waals surface area contributed by atoms with E-state index < -0.39 is 5.97 Å². The van der Waals surface area contributed by atoms with Gasteiger partial charge in [-0.15, -0.1) is 0 Å². The van der Waals surface area contributed by atoms with E-state index in [9.17, 15) is 9.59 Å². The van der Waals surface area contributed by atoms with Crippen LogP contribution in [-0.2, 0) is 16.0 Å². The highest BCUT2D eigenvalue weighted by molar-refractivity contribution is 5.89. The molecule has 0 aliphatic carbocycles. The minimum absolute atomic E-state index is 0.0298.